The Morgan fingerprint density at radius 2 is 2.00 bits per heavy atom. The molecule has 2 rings (SSSR count). The van der Waals surface area contributed by atoms with E-state index >= 15 is 0 Å². The summed E-state index contributed by atoms with van der Waals surface area (Å²) < 4.78 is 0. The maximum Gasteiger partial charge on any atom is 0.251 e. The van der Waals surface area contributed by atoms with Crippen molar-refractivity contribution < 1.29 is 9.90 Å². The van der Waals surface area contributed by atoms with Crippen molar-refractivity contribution in [2.24, 2.45) is 0 Å². The fraction of sp³-hybridized carbons (Fsp3) is 0.176. The maximum atomic E-state index is 11.9. The summed E-state index contributed by atoms with van der Waals surface area (Å²) in [7, 11) is 0. The predicted molar refractivity (Wildman–Crippen MR) is 79.9 cm³/mol. The number of hydrogen-bond donors (Lipinski definition) is 2. The van der Waals surface area contributed by atoms with Gasteiger partial charge < -0.3 is 10.4 Å². The Balaban J connectivity index is 1.80. The molecule has 2 N–H and O–H groups in total. The first kappa shape index (κ1) is 14.6. The number of rotatable bonds is 5. The highest BCUT2D eigenvalue weighted by atomic mass is 16.3. The van der Waals surface area contributed by atoms with Gasteiger partial charge in [0.15, 0.2) is 0 Å². The smallest absolute Gasteiger partial charge is 0.251 e. The molecule has 0 saturated heterocycles. The Morgan fingerprint density at radius 3 is 2.76 bits per heavy atom. The van der Waals surface area contributed by atoms with Gasteiger partial charge in [-0.3, -0.25) is 4.79 Å². The molecule has 0 spiro atoms. The van der Waals surface area contributed by atoms with Crippen molar-refractivity contribution in [3.8, 4) is 11.8 Å². The molecule has 106 valence electrons. The van der Waals surface area contributed by atoms with Crippen LogP contribution in [0.15, 0.2) is 48.5 Å². The lowest BCUT2D eigenvalue weighted by atomic mass is 10.1. The van der Waals surface area contributed by atoms with E-state index in [2.05, 4.69) is 5.32 Å². The van der Waals surface area contributed by atoms with Crippen molar-refractivity contribution in [1.29, 1.82) is 5.26 Å². The molecule has 1 amide bonds. The van der Waals surface area contributed by atoms with E-state index in [0.717, 1.165) is 18.4 Å². The average molecular weight is 280 g/mol. The molecule has 0 aromatic heterocycles. The van der Waals surface area contributed by atoms with Crippen molar-refractivity contribution in [3.63, 3.8) is 0 Å². The molecule has 0 saturated carbocycles. The zero-order chi connectivity index (χ0) is 15.1. The average Bonchev–Trinajstić information content (AvgIpc) is 2.51. The van der Waals surface area contributed by atoms with E-state index in [0.29, 0.717) is 17.7 Å². The van der Waals surface area contributed by atoms with Crippen molar-refractivity contribution in [1.82, 2.24) is 5.32 Å². The van der Waals surface area contributed by atoms with Crippen molar-refractivity contribution in [3.05, 3.63) is 65.2 Å². The second-order valence-corrected chi connectivity index (χ2v) is 4.72. The number of phenolic OH excluding ortho intramolecular Hbond substituents is 1. The zero-order valence-electron chi connectivity index (χ0n) is 11.5. The third-order valence-electron chi connectivity index (χ3n) is 3.09. The van der Waals surface area contributed by atoms with Crippen LogP contribution in [0.3, 0.4) is 0 Å². The van der Waals surface area contributed by atoms with E-state index in [1.165, 1.54) is 0 Å². The van der Waals surface area contributed by atoms with Gasteiger partial charge >= 0.3 is 0 Å². The molecule has 0 heterocycles. The number of benzene rings is 2. The van der Waals surface area contributed by atoms with Gasteiger partial charge in [0, 0.05) is 12.1 Å². The Morgan fingerprint density at radius 1 is 1.19 bits per heavy atom. The fourth-order valence-corrected chi connectivity index (χ4v) is 2.04. The molecule has 0 unspecified atom stereocenters. The van der Waals surface area contributed by atoms with Gasteiger partial charge in [-0.1, -0.05) is 18.2 Å². The third-order valence-corrected chi connectivity index (χ3v) is 3.09. The van der Waals surface area contributed by atoms with E-state index < -0.39 is 0 Å². The summed E-state index contributed by atoms with van der Waals surface area (Å²) in [6, 6.07) is 15.7. The molecule has 0 aliphatic carbocycles. The van der Waals surface area contributed by atoms with Crippen LogP contribution < -0.4 is 5.32 Å². The van der Waals surface area contributed by atoms with Gasteiger partial charge in [-0.2, -0.15) is 5.26 Å². The molecule has 2 aromatic rings. The molecule has 4 heteroatoms. The van der Waals surface area contributed by atoms with Crippen LogP contribution in [0.25, 0.3) is 0 Å². The summed E-state index contributed by atoms with van der Waals surface area (Å²) in [5.74, 6) is 0.0767. The first-order chi connectivity index (χ1) is 10.2. The van der Waals surface area contributed by atoms with Crippen LogP contribution in [-0.4, -0.2) is 17.6 Å². The van der Waals surface area contributed by atoms with Gasteiger partial charge in [-0.25, -0.2) is 0 Å². The first-order valence-corrected chi connectivity index (χ1v) is 6.75. The van der Waals surface area contributed by atoms with Crippen LogP contribution in [0, 0.1) is 11.3 Å². The molecule has 0 radical (unpaired) electrons. The number of amides is 1. The van der Waals surface area contributed by atoms with Gasteiger partial charge in [0.1, 0.15) is 5.75 Å². The zero-order valence-corrected chi connectivity index (χ0v) is 11.5. The minimum atomic E-state index is -0.178. The molecule has 0 aliphatic heterocycles. The number of nitriles is 1. The summed E-state index contributed by atoms with van der Waals surface area (Å²) in [5.41, 5.74) is 2.00. The predicted octanol–water partition coefficient (Wildman–Crippen LogP) is 2.63. The number of phenols is 1. The highest BCUT2D eigenvalue weighted by molar-refractivity contribution is 5.94. The summed E-state index contributed by atoms with van der Waals surface area (Å²) in [6.07, 6.45) is 1.57. The molecular formula is C17H16N2O2. The number of nitrogens with zero attached hydrogens (tertiary/aromatic N) is 1. The SMILES string of the molecule is N#Cc1cccc(C(=O)NCCCc2cccc(O)c2)c1. The van der Waals surface area contributed by atoms with Crippen LogP contribution in [0.2, 0.25) is 0 Å². The molecule has 21 heavy (non-hydrogen) atoms. The third kappa shape index (κ3) is 4.36. The molecular weight excluding hydrogens is 264 g/mol. The summed E-state index contributed by atoms with van der Waals surface area (Å²) in [5, 5.41) is 21.0. The van der Waals surface area contributed by atoms with E-state index in [1.807, 2.05) is 12.1 Å². The van der Waals surface area contributed by atoms with Crippen LogP contribution in [0.4, 0.5) is 0 Å². The van der Waals surface area contributed by atoms with Gasteiger partial charge in [0.25, 0.3) is 5.91 Å². The van der Waals surface area contributed by atoms with Crippen LogP contribution in [0.1, 0.15) is 27.9 Å². The quantitative estimate of drug-likeness (QED) is 0.827. The molecule has 2 aromatic carbocycles. The normalized spacial score (nSPS) is 9.86. The largest absolute Gasteiger partial charge is 0.508 e. The van der Waals surface area contributed by atoms with Crippen LogP contribution in [-0.2, 0) is 6.42 Å². The summed E-state index contributed by atoms with van der Waals surface area (Å²) in [4.78, 5) is 11.9. The van der Waals surface area contributed by atoms with Gasteiger partial charge in [0.05, 0.1) is 11.6 Å². The molecule has 0 bridgehead atoms. The lowest BCUT2D eigenvalue weighted by molar-refractivity contribution is 0.0953. The first-order valence-electron chi connectivity index (χ1n) is 6.75. The molecule has 0 aliphatic rings. The Hall–Kier alpha value is -2.80. The second-order valence-electron chi connectivity index (χ2n) is 4.72. The van der Waals surface area contributed by atoms with Gasteiger partial charge in [-0.05, 0) is 48.7 Å². The van der Waals surface area contributed by atoms with Gasteiger partial charge in [0.2, 0.25) is 0 Å². The van der Waals surface area contributed by atoms with E-state index in [1.54, 1.807) is 42.5 Å². The Bertz CT molecular complexity index is 674. The van der Waals surface area contributed by atoms with E-state index in [9.17, 15) is 9.90 Å². The fourth-order valence-electron chi connectivity index (χ4n) is 2.04. The second kappa shape index (κ2) is 7.11. The number of aryl methyl sites for hydroxylation is 1. The van der Waals surface area contributed by atoms with Crippen molar-refractivity contribution in [2.75, 3.05) is 6.54 Å². The van der Waals surface area contributed by atoms with Crippen molar-refractivity contribution >= 4 is 5.91 Å². The highest BCUT2D eigenvalue weighted by Gasteiger charge is 2.05. The molecule has 0 fully saturated rings. The van der Waals surface area contributed by atoms with Crippen LogP contribution >= 0.6 is 0 Å². The monoisotopic (exact) mass is 280 g/mol. The van der Waals surface area contributed by atoms with E-state index in [-0.39, 0.29) is 11.7 Å². The number of aromatic hydroxyl groups is 1. The Kier molecular flexibility index (Phi) is 4.94. The molecule has 0 atom stereocenters. The molecule has 4 nitrogen and oxygen atoms in total. The number of carbonyl (C=O) groups is 1. The van der Waals surface area contributed by atoms with Crippen molar-refractivity contribution in [2.45, 2.75) is 12.8 Å². The summed E-state index contributed by atoms with van der Waals surface area (Å²) >= 11 is 0. The lowest BCUT2D eigenvalue weighted by Crippen LogP contribution is -2.24. The maximum absolute atomic E-state index is 11.9. The Labute approximate surface area is 123 Å². The van der Waals surface area contributed by atoms with E-state index in [4.69, 9.17) is 5.26 Å². The minimum absolute atomic E-state index is 0.178. The highest BCUT2D eigenvalue weighted by Crippen LogP contribution is 2.12. The van der Waals surface area contributed by atoms with Gasteiger partial charge in [-0.15, -0.1) is 0 Å². The summed E-state index contributed by atoms with van der Waals surface area (Å²) in [6.45, 7) is 0.547. The number of nitrogens with one attached hydrogen (secondary N) is 1. The topological polar surface area (TPSA) is 73.1 Å². The number of hydrogen-bond acceptors (Lipinski definition) is 3. The minimum Gasteiger partial charge on any atom is -0.508 e. The number of carbonyl (C=O) groups excluding carboxylic acids is 1. The standard InChI is InChI=1S/C17H16N2O2/c18-12-14-5-1-7-15(10-14)17(21)19-9-3-6-13-4-2-8-16(20)11-13/h1-2,4-5,7-8,10-11,20H,3,6,9H2,(H,19,21). The van der Waals surface area contributed by atoms with Crippen LogP contribution in [0.5, 0.6) is 5.75 Å². The lowest BCUT2D eigenvalue weighted by Gasteiger charge is -2.06.